The van der Waals surface area contributed by atoms with Gasteiger partial charge in [-0.15, -0.1) is 0 Å². The second-order valence-electron chi connectivity index (χ2n) is 6.32. The van der Waals surface area contributed by atoms with E-state index in [9.17, 15) is 9.59 Å². The van der Waals surface area contributed by atoms with Crippen LogP contribution >= 0.6 is 15.9 Å². The highest BCUT2D eigenvalue weighted by atomic mass is 79.9. The molecular formula is C21H15BrN2O4. The summed E-state index contributed by atoms with van der Waals surface area (Å²) in [5.41, 5.74) is 4.53. The molecule has 140 valence electrons. The average Bonchev–Trinajstić information content (AvgIpc) is 3.00. The Hall–Kier alpha value is -3.19. The molecule has 0 aliphatic heterocycles. The maximum atomic E-state index is 12.2. The van der Waals surface area contributed by atoms with E-state index in [1.54, 1.807) is 0 Å². The van der Waals surface area contributed by atoms with Crippen LogP contribution in [0.15, 0.2) is 65.3 Å². The van der Waals surface area contributed by atoms with E-state index in [0.29, 0.717) is 4.60 Å². The molecule has 0 fully saturated rings. The third-order valence-electron chi connectivity index (χ3n) is 4.61. The Labute approximate surface area is 169 Å². The van der Waals surface area contributed by atoms with Gasteiger partial charge in [-0.3, -0.25) is 5.32 Å². The number of pyridine rings is 1. The van der Waals surface area contributed by atoms with Crippen molar-refractivity contribution >= 4 is 33.8 Å². The van der Waals surface area contributed by atoms with Gasteiger partial charge in [-0.2, -0.15) is 0 Å². The molecule has 2 aromatic carbocycles. The molecule has 1 heterocycles. The topological polar surface area (TPSA) is 88.5 Å². The van der Waals surface area contributed by atoms with Crippen molar-refractivity contribution in [3.05, 3.63) is 82.0 Å². The van der Waals surface area contributed by atoms with Crippen LogP contribution in [0.1, 0.15) is 27.4 Å². The van der Waals surface area contributed by atoms with E-state index >= 15 is 0 Å². The number of carbonyl (C=O) groups is 2. The SMILES string of the molecule is O=C(Nc1cc(C(=O)O)cc(Br)n1)OCC1c2ccccc2-c2ccccc21. The molecule has 0 atom stereocenters. The largest absolute Gasteiger partial charge is 0.478 e. The van der Waals surface area contributed by atoms with Crippen molar-refractivity contribution in [2.24, 2.45) is 0 Å². The Kier molecular flexibility index (Phi) is 4.83. The molecular weight excluding hydrogens is 424 g/mol. The minimum Gasteiger partial charge on any atom is -0.478 e. The van der Waals surface area contributed by atoms with Gasteiger partial charge in [0.25, 0.3) is 0 Å². The summed E-state index contributed by atoms with van der Waals surface area (Å²) in [7, 11) is 0. The molecule has 0 saturated carbocycles. The van der Waals surface area contributed by atoms with Gasteiger partial charge in [0.1, 0.15) is 17.0 Å². The maximum Gasteiger partial charge on any atom is 0.412 e. The zero-order valence-electron chi connectivity index (χ0n) is 14.6. The first-order valence-corrected chi connectivity index (χ1v) is 9.35. The van der Waals surface area contributed by atoms with Gasteiger partial charge < -0.3 is 9.84 Å². The van der Waals surface area contributed by atoms with Crippen LogP contribution in [-0.2, 0) is 4.74 Å². The van der Waals surface area contributed by atoms with Gasteiger partial charge in [-0.25, -0.2) is 14.6 Å². The predicted molar refractivity (Wildman–Crippen MR) is 108 cm³/mol. The first-order valence-electron chi connectivity index (χ1n) is 8.56. The number of hydrogen-bond acceptors (Lipinski definition) is 4. The molecule has 1 aliphatic rings. The van der Waals surface area contributed by atoms with E-state index in [1.165, 1.54) is 12.1 Å². The highest BCUT2D eigenvalue weighted by Gasteiger charge is 2.29. The number of ether oxygens (including phenoxy) is 1. The lowest BCUT2D eigenvalue weighted by Gasteiger charge is -2.14. The minimum absolute atomic E-state index is 0.0100. The molecule has 0 bridgehead atoms. The van der Waals surface area contributed by atoms with E-state index in [-0.39, 0.29) is 23.9 Å². The van der Waals surface area contributed by atoms with Gasteiger partial charge in [0.05, 0.1) is 5.56 Å². The zero-order valence-corrected chi connectivity index (χ0v) is 16.1. The third kappa shape index (κ3) is 3.48. The number of carboxylic acid groups (broad SMARTS) is 1. The van der Waals surface area contributed by atoms with Crippen molar-refractivity contribution in [1.29, 1.82) is 0 Å². The van der Waals surface area contributed by atoms with Crippen molar-refractivity contribution in [2.45, 2.75) is 5.92 Å². The second-order valence-corrected chi connectivity index (χ2v) is 7.13. The van der Waals surface area contributed by atoms with Gasteiger partial charge in [0, 0.05) is 5.92 Å². The van der Waals surface area contributed by atoms with Gasteiger partial charge in [0.2, 0.25) is 0 Å². The summed E-state index contributed by atoms with van der Waals surface area (Å²) in [5, 5.41) is 11.6. The number of amides is 1. The monoisotopic (exact) mass is 438 g/mol. The number of hydrogen-bond donors (Lipinski definition) is 2. The number of nitrogens with one attached hydrogen (secondary N) is 1. The Balaban J connectivity index is 1.49. The minimum atomic E-state index is -1.11. The van der Waals surface area contributed by atoms with Crippen LogP contribution in [-0.4, -0.2) is 28.8 Å². The molecule has 28 heavy (non-hydrogen) atoms. The highest BCUT2D eigenvalue weighted by molar-refractivity contribution is 9.10. The number of nitrogens with zero attached hydrogens (tertiary/aromatic N) is 1. The van der Waals surface area contributed by atoms with Crippen molar-refractivity contribution in [1.82, 2.24) is 4.98 Å². The average molecular weight is 439 g/mol. The number of aromatic carboxylic acids is 1. The molecule has 1 amide bonds. The lowest BCUT2D eigenvalue weighted by atomic mass is 9.98. The number of fused-ring (bicyclic) bond motifs is 3. The highest BCUT2D eigenvalue weighted by Crippen LogP contribution is 2.44. The summed E-state index contributed by atoms with van der Waals surface area (Å²) in [6.07, 6.45) is -0.691. The Morgan fingerprint density at radius 1 is 1.04 bits per heavy atom. The molecule has 6 nitrogen and oxygen atoms in total. The van der Waals surface area contributed by atoms with Crippen LogP contribution in [0.2, 0.25) is 0 Å². The first kappa shape index (κ1) is 18.2. The van der Waals surface area contributed by atoms with Crippen LogP contribution in [0.5, 0.6) is 0 Å². The molecule has 1 aromatic heterocycles. The number of aromatic nitrogens is 1. The number of halogens is 1. The molecule has 2 N–H and O–H groups in total. The number of carbonyl (C=O) groups excluding carboxylic acids is 1. The maximum absolute atomic E-state index is 12.2. The Morgan fingerprint density at radius 3 is 2.25 bits per heavy atom. The van der Waals surface area contributed by atoms with E-state index in [4.69, 9.17) is 9.84 Å². The summed E-state index contributed by atoms with van der Waals surface area (Å²) in [6.45, 7) is 0.166. The summed E-state index contributed by atoms with van der Waals surface area (Å²) >= 11 is 3.13. The van der Waals surface area contributed by atoms with Gasteiger partial charge in [-0.1, -0.05) is 48.5 Å². The van der Waals surface area contributed by atoms with Crippen molar-refractivity contribution < 1.29 is 19.4 Å². The summed E-state index contributed by atoms with van der Waals surface area (Å²) < 4.78 is 5.74. The number of anilines is 1. The van der Waals surface area contributed by atoms with Crippen molar-refractivity contribution in [2.75, 3.05) is 11.9 Å². The van der Waals surface area contributed by atoms with Gasteiger partial charge in [-0.05, 0) is 50.3 Å². The number of rotatable bonds is 4. The first-order chi connectivity index (χ1) is 13.5. The van der Waals surface area contributed by atoms with Crippen molar-refractivity contribution in [3.8, 4) is 11.1 Å². The molecule has 0 saturated heterocycles. The molecule has 1 aliphatic carbocycles. The van der Waals surface area contributed by atoms with Crippen LogP contribution < -0.4 is 5.32 Å². The van der Waals surface area contributed by atoms with Crippen LogP contribution in [0.3, 0.4) is 0 Å². The normalized spacial score (nSPS) is 12.2. The molecule has 0 spiro atoms. The van der Waals surface area contributed by atoms with Crippen LogP contribution in [0.4, 0.5) is 10.6 Å². The molecule has 0 unspecified atom stereocenters. The lowest BCUT2D eigenvalue weighted by molar-refractivity contribution is 0.0696. The molecule has 4 rings (SSSR count). The van der Waals surface area contributed by atoms with E-state index < -0.39 is 12.1 Å². The molecule has 0 radical (unpaired) electrons. The fourth-order valence-corrected chi connectivity index (χ4v) is 3.86. The predicted octanol–water partition coefficient (Wildman–Crippen LogP) is 4.90. The van der Waals surface area contributed by atoms with E-state index in [2.05, 4.69) is 38.4 Å². The molecule has 7 heteroatoms. The Bertz CT molecular complexity index is 1040. The second kappa shape index (κ2) is 7.44. The van der Waals surface area contributed by atoms with Crippen molar-refractivity contribution in [3.63, 3.8) is 0 Å². The Morgan fingerprint density at radius 2 is 1.64 bits per heavy atom. The summed E-state index contributed by atoms with van der Waals surface area (Å²) in [6, 6.07) is 18.7. The van der Waals surface area contributed by atoms with Crippen LogP contribution in [0, 0.1) is 0 Å². The van der Waals surface area contributed by atoms with E-state index in [1.807, 2.05) is 36.4 Å². The zero-order chi connectivity index (χ0) is 19.7. The fourth-order valence-electron chi connectivity index (χ4n) is 3.42. The lowest BCUT2D eigenvalue weighted by Crippen LogP contribution is -2.18. The standard InChI is InChI=1S/C21H15BrN2O4/c22-18-9-12(20(25)26)10-19(23-18)24-21(27)28-11-17-15-7-3-1-5-13(15)14-6-2-4-8-16(14)17/h1-10,17H,11H2,(H,25,26)(H,23,24,27). The van der Waals surface area contributed by atoms with Gasteiger partial charge >= 0.3 is 12.1 Å². The van der Waals surface area contributed by atoms with Gasteiger partial charge in [0.15, 0.2) is 0 Å². The van der Waals surface area contributed by atoms with E-state index in [0.717, 1.165) is 22.3 Å². The molecule has 3 aromatic rings. The number of benzene rings is 2. The number of carboxylic acids is 1. The fraction of sp³-hybridized carbons (Fsp3) is 0.0952. The smallest absolute Gasteiger partial charge is 0.412 e. The summed E-state index contributed by atoms with van der Waals surface area (Å²) in [5.74, 6) is -1.06. The van der Waals surface area contributed by atoms with Crippen LogP contribution in [0.25, 0.3) is 11.1 Å². The quantitative estimate of drug-likeness (QED) is 0.565. The third-order valence-corrected chi connectivity index (χ3v) is 5.02. The summed E-state index contributed by atoms with van der Waals surface area (Å²) in [4.78, 5) is 27.4.